The highest BCUT2D eigenvalue weighted by Crippen LogP contribution is 1.97. The Kier molecular flexibility index (Phi) is 6.69. The molecule has 3 nitrogen and oxygen atoms in total. The standard InChI is InChI=1S/C10H16O3/c1-4-6-12-8-9(3)10(11)13-7-5-2/h4,8H,1,5-7H2,2-3H3. The van der Waals surface area contributed by atoms with E-state index in [1.54, 1.807) is 13.0 Å². The van der Waals surface area contributed by atoms with Crippen LogP contribution in [0.25, 0.3) is 0 Å². The lowest BCUT2D eigenvalue weighted by molar-refractivity contribution is -0.139. The molecule has 0 aliphatic rings. The van der Waals surface area contributed by atoms with Gasteiger partial charge in [-0.3, -0.25) is 0 Å². The first kappa shape index (κ1) is 11.8. The largest absolute Gasteiger partial charge is 0.497 e. The Labute approximate surface area is 79.0 Å². The lowest BCUT2D eigenvalue weighted by atomic mass is 10.3. The molecule has 0 aromatic heterocycles. The highest BCUT2D eigenvalue weighted by Gasteiger charge is 2.04. The molecular formula is C10H16O3. The molecule has 0 bridgehead atoms. The maximum Gasteiger partial charge on any atom is 0.336 e. The molecule has 0 saturated carbocycles. The first-order valence-corrected chi connectivity index (χ1v) is 4.28. The third-order valence-electron chi connectivity index (χ3n) is 1.23. The van der Waals surface area contributed by atoms with Gasteiger partial charge in [0, 0.05) is 0 Å². The van der Waals surface area contributed by atoms with Gasteiger partial charge in [-0.1, -0.05) is 19.6 Å². The maximum atomic E-state index is 11.1. The van der Waals surface area contributed by atoms with E-state index >= 15 is 0 Å². The molecule has 13 heavy (non-hydrogen) atoms. The molecule has 0 amide bonds. The van der Waals surface area contributed by atoms with Gasteiger partial charge < -0.3 is 9.47 Å². The van der Waals surface area contributed by atoms with Crippen molar-refractivity contribution in [2.45, 2.75) is 20.3 Å². The van der Waals surface area contributed by atoms with E-state index in [0.717, 1.165) is 6.42 Å². The molecule has 0 saturated heterocycles. The van der Waals surface area contributed by atoms with Crippen LogP contribution in [0.2, 0.25) is 0 Å². The predicted octanol–water partition coefficient (Wildman–Crippen LogP) is 2.05. The topological polar surface area (TPSA) is 35.5 Å². The lowest BCUT2D eigenvalue weighted by Crippen LogP contribution is -2.06. The Morgan fingerprint density at radius 1 is 1.54 bits per heavy atom. The van der Waals surface area contributed by atoms with Gasteiger partial charge in [-0.15, -0.1) is 0 Å². The van der Waals surface area contributed by atoms with E-state index in [0.29, 0.717) is 18.8 Å². The Morgan fingerprint density at radius 3 is 2.77 bits per heavy atom. The molecule has 0 aromatic carbocycles. The van der Waals surface area contributed by atoms with Gasteiger partial charge in [0.2, 0.25) is 0 Å². The fourth-order valence-electron chi connectivity index (χ4n) is 0.598. The highest BCUT2D eigenvalue weighted by atomic mass is 16.5. The molecule has 0 unspecified atom stereocenters. The van der Waals surface area contributed by atoms with Crippen LogP contribution in [0.4, 0.5) is 0 Å². The Balaban J connectivity index is 3.79. The summed E-state index contributed by atoms with van der Waals surface area (Å²) in [6.07, 6.45) is 3.83. The van der Waals surface area contributed by atoms with Crippen LogP contribution in [0.5, 0.6) is 0 Å². The zero-order valence-corrected chi connectivity index (χ0v) is 8.21. The van der Waals surface area contributed by atoms with Crippen LogP contribution >= 0.6 is 0 Å². The first-order chi connectivity index (χ1) is 6.22. The van der Waals surface area contributed by atoms with Gasteiger partial charge in [-0.25, -0.2) is 4.79 Å². The summed E-state index contributed by atoms with van der Waals surface area (Å²) in [6, 6.07) is 0. The van der Waals surface area contributed by atoms with Crippen LogP contribution in [0.15, 0.2) is 24.5 Å². The molecule has 0 atom stereocenters. The van der Waals surface area contributed by atoms with E-state index in [2.05, 4.69) is 6.58 Å². The average molecular weight is 184 g/mol. The van der Waals surface area contributed by atoms with E-state index in [-0.39, 0.29) is 5.97 Å². The predicted molar refractivity (Wildman–Crippen MR) is 51.2 cm³/mol. The molecule has 74 valence electrons. The van der Waals surface area contributed by atoms with Crippen molar-refractivity contribution in [1.29, 1.82) is 0 Å². The zero-order valence-electron chi connectivity index (χ0n) is 8.21. The van der Waals surface area contributed by atoms with Crippen molar-refractivity contribution < 1.29 is 14.3 Å². The summed E-state index contributed by atoms with van der Waals surface area (Å²) in [6.45, 7) is 7.93. The minimum atomic E-state index is -0.328. The number of esters is 1. The summed E-state index contributed by atoms with van der Waals surface area (Å²) in [7, 11) is 0. The van der Waals surface area contributed by atoms with Crippen molar-refractivity contribution in [3.05, 3.63) is 24.5 Å². The molecule has 0 heterocycles. The molecule has 3 heteroatoms. The maximum absolute atomic E-state index is 11.1. The number of hydrogen-bond acceptors (Lipinski definition) is 3. The Bertz CT molecular complexity index is 194. The molecule has 0 spiro atoms. The van der Waals surface area contributed by atoms with Crippen LogP contribution in [0, 0.1) is 0 Å². The summed E-state index contributed by atoms with van der Waals surface area (Å²) in [5, 5.41) is 0. The van der Waals surface area contributed by atoms with E-state index in [1.807, 2.05) is 6.92 Å². The summed E-state index contributed by atoms with van der Waals surface area (Å²) >= 11 is 0. The molecule has 0 N–H and O–H groups in total. The van der Waals surface area contributed by atoms with Gasteiger partial charge in [-0.2, -0.15) is 0 Å². The smallest absolute Gasteiger partial charge is 0.336 e. The van der Waals surface area contributed by atoms with Gasteiger partial charge in [0.05, 0.1) is 18.4 Å². The van der Waals surface area contributed by atoms with Gasteiger partial charge in [0.1, 0.15) is 6.61 Å². The highest BCUT2D eigenvalue weighted by molar-refractivity contribution is 5.87. The van der Waals surface area contributed by atoms with E-state index in [9.17, 15) is 4.79 Å². The minimum absolute atomic E-state index is 0.328. The van der Waals surface area contributed by atoms with Crippen LogP contribution in [0.1, 0.15) is 20.3 Å². The van der Waals surface area contributed by atoms with Crippen molar-refractivity contribution in [2.24, 2.45) is 0 Å². The van der Waals surface area contributed by atoms with E-state index in [4.69, 9.17) is 9.47 Å². The van der Waals surface area contributed by atoms with Gasteiger partial charge in [0.15, 0.2) is 0 Å². The van der Waals surface area contributed by atoms with Crippen LogP contribution in [-0.2, 0) is 14.3 Å². The number of hydrogen-bond donors (Lipinski definition) is 0. The normalized spacial score (nSPS) is 10.8. The average Bonchev–Trinajstić information content (AvgIpc) is 2.14. The molecule has 0 aromatic rings. The molecule has 0 aliphatic carbocycles. The van der Waals surface area contributed by atoms with E-state index in [1.165, 1.54) is 6.26 Å². The number of rotatable bonds is 6. The van der Waals surface area contributed by atoms with Crippen molar-refractivity contribution in [2.75, 3.05) is 13.2 Å². The lowest BCUT2D eigenvalue weighted by Gasteiger charge is -2.02. The summed E-state index contributed by atoms with van der Waals surface area (Å²) in [4.78, 5) is 11.1. The van der Waals surface area contributed by atoms with Crippen molar-refractivity contribution in [3.8, 4) is 0 Å². The molecule has 0 radical (unpaired) electrons. The van der Waals surface area contributed by atoms with E-state index < -0.39 is 0 Å². The second-order valence-electron chi connectivity index (χ2n) is 2.56. The van der Waals surface area contributed by atoms with Gasteiger partial charge >= 0.3 is 5.97 Å². The summed E-state index contributed by atoms with van der Waals surface area (Å²) < 4.78 is 9.84. The summed E-state index contributed by atoms with van der Waals surface area (Å²) in [5.74, 6) is -0.328. The van der Waals surface area contributed by atoms with Crippen molar-refractivity contribution in [3.63, 3.8) is 0 Å². The van der Waals surface area contributed by atoms with Crippen molar-refractivity contribution in [1.82, 2.24) is 0 Å². The second-order valence-corrected chi connectivity index (χ2v) is 2.56. The number of carbonyl (C=O) groups excluding carboxylic acids is 1. The third kappa shape index (κ3) is 5.96. The Hall–Kier alpha value is -1.25. The first-order valence-electron chi connectivity index (χ1n) is 4.28. The molecule has 0 fully saturated rings. The fraction of sp³-hybridized carbons (Fsp3) is 0.500. The minimum Gasteiger partial charge on any atom is -0.497 e. The fourth-order valence-corrected chi connectivity index (χ4v) is 0.598. The number of carbonyl (C=O) groups is 1. The third-order valence-corrected chi connectivity index (χ3v) is 1.23. The Morgan fingerprint density at radius 2 is 2.23 bits per heavy atom. The molecule has 0 rings (SSSR count). The SMILES string of the molecule is C=CCOC=C(C)C(=O)OCCC. The van der Waals surface area contributed by atoms with Crippen LogP contribution in [0.3, 0.4) is 0 Å². The monoisotopic (exact) mass is 184 g/mol. The molecular weight excluding hydrogens is 168 g/mol. The molecule has 0 aliphatic heterocycles. The zero-order chi connectivity index (χ0) is 10.1. The van der Waals surface area contributed by atoms with Crippen LogP contribution in [-0.4, -0.2) is 19.2 Å². The number of ether oxygens (including phenoxy) is 2. The van der Waals surface area contributed by atoms with Gasteiger partial charge in [-0.05, 0) is 13.3 Å². The van der Waals surface area contributed by atoms with Crippen LogP contribution < -0.4 is 0 Å². The summed E-state index contributed by atoms with van der Waals surface area (Å²) in [5.41, 5.74) is 0.468. The van der Waals surface area contributed by atoms with Crippen molar-refractivity contribution >= 4 is 5.97 Å². The van der Waals surface area contributed by atoms with Gasteiger partial charge in [0.25, 0.3) is 0 Å². The second kappa shape index (κ2) is 7.40. The quantitative estimate of drug-likeness (QED) is 0.208.